The number of benzene rings is 2. The Morgan fingerprint density at radius 1 is 1.09 bits per heavy atom. The molecule has 32 heavy (non-hydrogen) atoms. The first-order valence-corrected chi connectivity index (χ1v) is 9.45. The molecule has 0 fully saturated rings. The maximum absolute atomic E-state index is 13.0. The van der Waals surface area contributed by atoms with Crippen LogP contribution in [-0.2, 0) is 16.1 Å². The fourth-order valence-corrected chi connectivity index (χ4v) is 3.11. The van der Waals surface area contributed by atoms with Crippen LogP contribution in [0.25, 0.3) is 0 Å². The lowest BCUT2D eigenvalue weighted by Crippen LogP contribution is -2.29. The molecule has 2 aromatic carbocycles. The molecule has 2 aromatic rings. The molecule has 1 heterocycles. The Morgan fingerprint density at radius 2 is 1.81 bits per heavy atom. The van der Waals surface area contributed by atoms with Crippen LogP contribution in [0.3, 0.4) is 0 Å². The average Bonchev–Trinajstić information content (AvgIpc) is 3.06. The molecular weight excluding hydrogens is 416 g/mol. The van der Waals surface area contributed by atoms with Crippen LogP contribution in [0.15, 0.2) is 75.6 Å². The second-order valence-electron chi connectivity index (χ2n) is 6.62. The number of methoxy groups -OCH3 is 1. The third-order valence-corrected chi connectivity index (χ3v) is 4.68. The van der Waals surface area contributed by atoms with Crippen LogP contribution in [0.5, 0.6) is 0 Å². The minimum atomic E-state index is -0.879. The minimum absolute atomic E-state index is 0.0602. The molecule has 0 unspecified atom stereocenters. The Balaban J connectivity index is 1.99. The van der Waals surface area contributed by atoms with E-state index in [9.17, 15) is 19.3 Å². The Morgan fingerprint density at radius 3 is 2.44 bits per heavy atom. The van der Waals surface area contributed by atoms with Crippen molar-refractivity contribution in [1.82, 2.24) is 15.2 Å². The number of amides is 3. The van der Waals surface area contributed by atoms with E-state index in [2.05, 4.69) is 20.8 Å². The first kappa shape index (κ1) is 22.3. The van der Waals surface area contributed by atoms with Crippen molar-refractivity contribution in [2.45, 2.75) is 6.54 Å². The van der Waals surface area contributed by atoms with Crippen LogP contribution in [0, 0.1) is 4.91 Å². The quantitative estimate of drug-likeness (QED) is 0.169. The van der Waals surface area contributed by atoms with Gasteiger partial charge >= 0.3 is 5.91 Å². The Labute approximate surface area is 183 Å². The molecular formula is C21H20N6O5. The van der Waals surface area contributed by atoms with Crippen LogP contribution >= 0.6 is 0 Å². The predicted octanol–water partition coefficient (Wildman–Crippen LogP) is 2.74. The molecule has 1 aliphatic heterocycles. The van der Waals surface area contributed by atoms with E-state index in [1.165, 1.54) is 26.3 Å². The summed E-state index contributed by atoms with van der Waals surface area (Å²) in [7, 11) is 3.93. The topological polar surface area (TPSA) is 133 Å². The summed E-state index contributed by atoms with van der Waals surface area (Å²) in [6, 6.07) is 13.7. The van der Waals surface area contributed by atoms with Gasteiger partial charge in [-0.25, -0.2) is 0 Å². The standard InChI is InChI=1S/C21H20N6O5/c1-22-18(32-3)17(21(30)26(2)25-31)24-23-15-11-7-10-14-16(15)20(29)27(19(14)28)12-13-8-5-4-6-9-13/h4-11,22H,12H2,1-3H3/b18-17-,24-23?. The molecule has 1 aliphatic rings. The SMILES string of the molecule is CN/C(OC)=C(/N=Nc1cccc2c1C(=O)N(Cc1ccccc1)C2=O)C(=O)N(C)N=O. The van der Waals surface area contributed by atoms with Gasteiger partial charge in [-0.1, -0.05) is 36.4 Å². The van der Waals surface area contributed by atoms with Crippen molar-refractivity contribution in [3.63, 3.8) is 0 Å². The molecule has 0 saturated carbocycles. The van der Waals surface area contributed by atoms with Crippen molar-refractivity contribution in [3.05, 3.63) is 81.7 Å². The molecule has 0 aliphatic carbocycles. The van der Waals surface area contributed by atoms with E-state index in [4.69, 9.17) is 4.74 Å². The van der Waals surface area contributed by atoms with Gasteiger partial charge in [0.2, 0.25) is 11.6 Å². The summed E-state index contributed by atoms with van der Waals surface area (Å²) in [4.78, 5) is 50.2. The van der Waals surface area contributed by atoms with Crippen LogP contribution in [0.4, 0.5) is 5.69 Å². The summed E-state index contributed by atoms with van der Waals surface area (Å²) >= 11 is 0. The van der Waals surface area contributed by atoms with Crippen molar-refractivity contribution in [2.24, 2.45) is 15.5 Å². The van der Waals surface area contributed by atoms with Crippen molar-refractivity contribution in [2.75, 3.05) is 21.2 Å². The average molecular weight is 436 g/mol. The van der Waals surface area contributed by atoms with Crippen LogP contribution < -0.4 is 5.32 Å². The van der Waals surface area contributed by atoms with E-state index < -0.39 is 17.7 Å². The second-order valence-corrected chi connectivity index (χ2v) is 6.62. The number of hydrogen-bond acceptors (Lipinski definition) is 9. The highest BCUT2D eigenvalue weighted by atomic mass is 16.5. The molecule has 3 amide bonds. The molecule has 0 bridgehead atoms. The van der Waals surface area contributed by atoms with Gasteiger partial charge in [-0.3, -0.25) is 19.3 Å². The Kier molecular flexibility index (Phi) is 6.68. The smallest absolute Gasteiger partial charge is 0.302 e. The lowest BCUT2D eigenvalue weighted by molar-refractivity contribution is -0.126. The summed E-state index contributed by atoms with van der Waals surface area (Å²) in [6.45, 7) is 0.108. The first-order chi connectivity index (χ1) is 15.4. The van der Waals surface area contributed by atoms with Crippen LogP contribution in [0.2, 0.25) is 0 Å². The molecule has 0 radical (unpaired) electrons. The van der Waals surface area contributed by atoms with E-state index in [-0.39, 0.29) is 34.9 Å². The largest absolute Gasteiger partial charge is 0.481 e. The Hall–Kier alpha value is -4.41. The fourth-order valence-electron chi connectivity index (χ4n) is 3.11. The predicted molar refractivity (Wildman–Crippen MR) is 113 cm³/mol. The fraction of sp³-hybridized carbons (Fsp3) is 0.190. The highest BCUT2D eigenvalue weighted by Crippen LogP contribution is 2.32. The lowest BCUT2D eigenvalue weighted by Gasteiger charge is -2.13. The number of hydrogen-bond donors (Lipinski definition) is 1. The molecule has 11 nitrogen and oxygen atoms in total. The molecule has 0 spiro atoms. The van der Waals surface area contributed by atoms with Crippen molar-refractivity contribution in [3.8, 4) is 0 Å². The second kappa shape index (κ2) is 9.60. The lowest BCUT2D eigenvalue weighted by atomic mass is 10.1. The van der Waals surface area contributed by atoms with Gasteiger partial charge in [0.05, 0.1) is 35.8 Å². The molecule has 0 aromatic heterocycles. The Bertz CT molecular complexity index is 1120. The normalized spacial score (nSPS) is 13.7. The minimum Gasteiger partial charge on any atom is -0.481 e. The van der Waals surface area contributed by atoms with E-state index in [0.717, 1.165) is 17.5 Å². The first-order valence-electron chi connectivity index (χ1n) is 9.45. The van der Waals surface area contributed by atoms with Crippen LogP contribution in [-0.4, -0.2) is 48.8 Å². The van der Waals surface area contributed by atoms with Crippen molar-refractivity contribution in [1.29, 1.82) is 0 Å². The number of azo groups is 1. The van der Waals surface area contributed by atoms with E-state index in [1.54, 1.807) is 6.07 Å². The van der Waals surface area contributed by atoms with Gasteiger partial charge in [-0.05, 0) is 17.7 Å². The van der Waals surface area contributed by atoms with Gasteiger partial charge in [-0.2, -0.15) is 5.01 Å². The molecule has 3 rings (SSSR count). The number of nitrogens with one attached hydrogen (secondary N) is 1. The van der Waals surface area contributed by atoms with Crippen molar-refractivity contribution < 1.29 is 19.1 Å². The summed E-state index contributed by atoms with van der Waals surface area (Å²) in [5.74, 6) is -1.91. The monoisotopic (exact) mass is 436 g/mol. The van der Waals surface area contributed by atoms with E-state index >= 15 is 0 Å². The third-order valence-electron chi connectivity index (χ3n) is 4.68. The summed E-state index contributed by atoms with van der Waals surface area (Å²) < 4.78 is 5.07. The maximum Gasteiger partial charge on any atom is 0.302 e. The number of carbonyl (C=O) groups is 3. The van der Waals surface area contributed by atoms with Crippen LogP contribution in [0.1, 0.15) is 26.3 Å². The highest BCUT2D eigenvalue weighted by molar-refractivity contribution is 6.23. The zero-order valence-corrected chi connectivity index (χ0v) is 17.6. The van der Waals surface area contributed by atoms with Gasteiger partial charge < -0.3 is 10.1 Å². The molecule has 1 N–H and O–H groups in total. The van der Waals surface area contributed by atoms with E-state index in [1.807, 2.05) is 30.3 Å². The highest BCUT2D eigenvalue weighted by Gasteiger charge is 2.37. The van der Waals surface area contributed by atoms with Gasteiger partial charge in [0.1, 0.15) is 0 Å². The van der Waals surface area contributed by atoms with E-state index in [0.29, 0.717) is 5.01 Å². The summed E-state index contributed by atoms with van der Waals surface area (Å²) in [5, 5.41) is 13.6. The van der Waals surface area contributed by atoms with Gasteiger partial charge in [0.25, 0.3) is 11.8 Å². The van der Waals surface area contributed by atoms with Gasteiger partial charge in [-0.15, -0.1) is 15.1 Å². The number of likely N-dealkylation sites (N-methyl/N-ethyl adjacent to an activating group) is 1. The number of nitrogens with zero attached hydrogens (tertiary/aromatic N) is 5. The summed E-state index contributed by atoms with van der Waals surface area (Å²) in [6.07, 6.45) is 0. The zero-order chi connectivity index (χ0) is 23.3. The third kappa shape index (κ3) is 4.21. The molecule has 0 saturated heterocycles. The number of carbonyl (C=O) groups excluding carboxylic acids is 3. The number of ether oxygens (including phenoxy) is 1. The maximum atomic E-state index is 13.0. The molecule has 0 atom stereocenters. The van der Waals surface area contributed by atoms with Crippen molar-refractivity contribution >= 4 is 23.4 Å². The van der Waals surface area contributed by atoms with Gasteiger partial charge in [0.15, 0.2) is 0 Å². The molecule has 164 valence electrons. The zero-order valence-electron chi connectivity index (χ0n) is 17.6. The number of rotatable bonds is 8. The molecule has 11 heteroatoms. The number of imide groups is 1. The van der Waals surface area contributed by atoms with Gasteiger partial charge in [0, 0.05) is 14.1 Å². The summed E-state index contributed by atoms with van der Waals surface area (Å²) in [5.41, 5.74) is 0.813. The number of nitroso groups, excluding NO2 is 1. The number of fused-ring (bicyclic) bond motifs is 1.